The first kappa shape index (κ1) is 20.5. The van der Waals surface area contributed by atoms with Crippen molar-refractivity contribution in [2.75, 3.05) is 0 Å². The second-order valence-electron chi connectivity index (χ2n) is 7.77. The number of rotatable bonds is 5. The van der Waals surface area contributed by atoms with Crippen LogP contribution < -0.4 is 0 Å². The maximum absolute atomic E-state index is 13.1. The first-order valence-corrected chi connectivity index (χ1v) is 11.7. The number of hydrogen-bond donors (Lipinski definition) is 0. The summed E-state index contributed by atoms with van der Waals surface area (Å²) in [6.45, 7) is 2.53. The third-order valence-electron chi connectivity index (χ3n) is 5.76. The molecule has 0 spiro atoms. The quantitative estimate of drug-likeness (QED) is 0.274. The molecule has 0 aliphatic carbocycles. The average Bonchev–Trinajstić information content (AvgIpc) is 3.14. The third kappa shape index (κ3) is 3.92. The average molecular weight is 438 g/mol. The Kier molecular flexibility index (Phi) is 5.73. The van der Waals surface area contributed by atoms with Gasteiger partial charge >= 0.3 is 0 Å². The zero-order chi connectivity index (χ0) is 21.9. The van der Waals surface area contributed by atoms with E-state index in [-0.39, 0.29) is 11.2 Å². The van der Waals surface area contributed by atoms with Crippen LogP contribution in [0.15, 0.2) is 95.1 Å². The summed E-state index contributed by atoms with van der Waals surface area (Å²) in [5.41, 5.74) is 2.12. The Balaban J connectivity index is 1.46. The molecule has 1 heterocycles. The molecule has 4 aromatic carbocycles. The van der Waals surface area contributed by atoms with Crippen LogP contribution in [0.2, 0.25) is 0 Å². The molecule has 4 nitrogen and oxygen atoms in total. The molecule has 0 aromatic heterocycles. The first-order chi connectivity index (χ1) is 15.7. The van der Waals surface area contributed by atoms with Crippen LogP contribution in [-0.2, 0) is 11.3 Å². The van der Waals surface area contributed by atoms with Gasteiger partial charge in [0.2, 0.25) is 5.91 Å². The summed E-state index contributed by atoms with van der Waals surface area (Å²) in [5.74, 6) is 0.101. The van der Waals surface area contributed by atoms with Crippen LogP contribution in [0.25, 0.3) is 21.5 Å². The molecule has 32 heavy (non-hydrogen) atoms. The molecule has 0 radical (unpaired) electrons. The van der Waals surface area contributed by atoms with Crippen molar-refractivity contribution < 1.29 is 4.79 Å². The minimum absolute atomic E-state index is 0.101. The number of thioether (sulfide) groups is 1. The highest BCUT2D eigenvalue weighted by molar-refractivity contribution is 8.15. The van der Waals surface area contributed by atoms with Gasteiger partial charge in [0.25, 0.3) is 0 Å². The normalized spacial score (nSPS) is 17.9. The topological polar surface area (TPSA) is 45.0 Å². The van der Waals surface area contributed by atoms with Crippen LogP contribution >= 0.6 is 11.8 Å². The molecule has 5 heteroatoms. The molecule has 1 fully saturated rings. The smallest absolute Gasteiger partial charge is 0.242 e. The summed E-state index contributed by atoms with van der Waals surface area (Å²) in [6, 6.07) is 28.8. The number of nitrogens with zero attached hydrogens (tertiary/aromatic N) is 3. The summed E-state index contributed by atoms with van der Waals surface area (Å²) >= 11 is 1.50. The number of hydrogen-bond acceptors (Lipinski definition) is 4. The minimum Gasteiger partial charge on any atom is -0.284 e. The second kappa shape index (κ2) is 8.97. The zero-order valence-corrected chi connectivity index (χ0v) is 18.6. The fourth-order valence-electron chi connectivity index (χ4n) is 4.09. The van der Waals surface area contributed by atoms with Crippen molar-refractivity contribution in [1.29, 1.82) is 0 Å². The molecule has 1 amide bonds. The molecule has 1 atom stereocenters. The van der Waals surface area contributed by atoms with Gasteiger partial charge in [0.15, 0.2) is 5.17 Å². The van der Waals surface area contributed by atoms with Crippen LogP contribution in [-0.4, -0.2) is 27.4 Å². The van der Waals surface area contributed by atoms with Gasteiger partial charge in [-0.3, -0.25) is 9.69 Å². The molecule has 1 unspecified atom stereocenters. The van der Waals surface area contributed by atoms with Crippen molar-refractivity contribution in [3.8, 4) is 0 Å². The predicted octanol–water partition coefficient (Wildman–Crippen LogP) is 6.24. The third-order valence-corrected chi connectivity index (χ3v) is 7.10. The van der Waals surface area contributed by atoms with Crippen molar-refractivity contribution in [2.45, 2.75) is 25.1 Å². The van der Waals surface area contributed by atoms with Crippen molar-refractivity contribution in [2.24, 2.45) is 10.2 Å². The molecule has 0 bridgehead atoms. The van der Waals surface area contributed by atoms with E-state index in [1.54, 1.807) is 11.1 Å². The largest absolute Gasteiger partial charge is 0.284 e. The Labute approximate surface area is 191 Å². The van der Waals surface area contributed by atoms with Gasteiger partial charge in [-0.05, 0) is 33.5 Å². The number of benzene rings is 4. The highest BCUT2D eigenvalue weighted by Gasteiger charge is 2.37. The number of carbonyl (C=O) groups excluding carboxylic acids is 1. The second-order valence-corrected chi connectivity index (χ2v) is 8.94. The van der Waals surface area contributed by atoms with Gasteiger partial charge in [-0.25, -0.2) is 0 Å². The van der Waals surface area contributed by atoms with E-state index in [1.165, 1.54) is 17.1 Å². The van der Waals surface area contributed by atoms with Gasteiger partial charge in [-0.15, -0.1) is 5.10 Å². The van der Waals surface area contributed by atoms with E-state index >= 15 is 0 Å². The van der Waals surface area contributed by atoms with Gasteiger partial charge in [0.1, 0.15) is 0 Å². The predicted molar refractivity (Wildman–Crippen MR) is 135 cm³/mol. The fourth-order valence-corrected chi connectivity index (χ4v) is 5.12. The summed E-state index contributed by atoms with van der Waals surface area (Å²) in [7, 11) is 0. The lowest BCUT2D eigenvalue weighted by atomic mass is 10.0. The molecule has 1 saturated heterocycles. The molecule has 0 saturated carbocycles. The molecule has 5 rings (SSSR count). The van der Waals surface area contributed by atoms with Gasteiger partial charge in [0.05, 0.1) is 18.0 Å². The lowest BCUT2D eigenvalue weighted by molar-refractivity contribution is -0.126. The SMILES string of the molecule is CCC1SC(=NN=Cc2cccc3ccccc23)N(Cc2cccc3ccccc23)C1=O. The Morgan fingerprint density at radius 1 is 0.875 bits per heavy atom. The van der Waals surface area contributed by atoms with E-state index in [2.05, 4.69) is 52.7 Å². The van der Waals surface area contributed by atoms with Crippen molar-refractivity contribution in [3.63, 3.8) is 0 Å². The van der Waals surface area contributed by atoms with Crippen molar-refractivity contribution in [3.05, 3.63) is 96.1 Å². The Morgan fingerprint density at radius 2 is 1.53 bits per heavy atom. The number of amides is 1. The summed E-state index contributed by atoms with van der Waals surface area (Å²) in [5, 5.41) is 14.0. The van der Waals surface area contributed by atoms with Crippen LogP contribution in [0.4, 0.5) is 0 Å². The zero-order valence-electron chi connectivity index (χ0n) is 17.8. The highest BCUT2D eigenvalue weighted by Crippen LogP contribution is 2.32. The maximum atomic E-state index is 13.1. The van der Waals surface area contributed by atoms with Gasteiger partial charge in [-0.1, -0.05) is 104 Å². The lowest BCUT2D eigenvalue weighted by Crippen LogP contribution is -2.31. The van der Waals surface area contributed by atoms with Crippen LogP contribution in [0.5, 0.6) is 0 Å². The van der Waals surface area contributed by atoms with Gasteiger partial charge in [-0.2, -0.15) is 5.10 Å². The molecule has 1 aliphatic heterocycles. The van der Waals surface area contributed by atoms with E-state index < -0.39 is 0 Å². The van der Waals surface area contributed by atoms with Gasteiger partial charge < -0.3 is 0 Å². The maximum Gasteiger partial charge on any atom is 0.242 e. The lowest BCUT2D eigenvalue weighted by Gasteiger charge is -2.17. The van der Waals surface area contributed by atoms with Crippen molar-refractivity contribution in [1.82, 2.24) is 4.90 Å². The number of amidine groups is 1. The van der Waals surface area contributed by atoms with E-state index in [9.17, 15) is 4.79 Å². The molecule has 4 aromatic rings. The molecular formula is C27H23N3OS. The number of fused-ring (bicyclic) bond motifs is 2. The molecule has 0 N–H and O–H groups in total. The van der Waals surface area contributed by atoms with Gasteiger partial charge in [0, 0.05) is 5.56 Å². The monoisotopic (exact) mass is 437 g/mol. The first-order valence-electron chi connectivity index (χ1n) is 10.8. The van der Waals surface area contributed by atoms with Crippen molar-refractivity contribution >= 4 is 50.6 Å². The van der Waals surface area contributed by atoms with Crippen LogP contribution in [0.1, 0.15) is 24.5 Å². The van der Waals surface area contributed by atoms with Crippen LogP contribution in [0, 0.1) is 0 Å². The van der Waals surface area contributed by atoms with E-state index in [0.717, 1.165) is 33.7 Å². The molecule has 158 valence electrons. The van der Waals surface area contributed by atoms with Crippen LogP contribution in [0.3, 0.4) is 0 Å². The Hall–Kier alpha value is -3.44. The summed E-state index contributed by atoms with van der Waals surface area (Å²) in [6.07, 6.45) is 2.54. The van der Waals surface area contributed by atoms with E-state index in [0.29, 0.717) is 11.7 Å². The summed E-state index contributed by atoms with van der Waals surface area (Å²) in [4.78, 5) is 14.8. The minimum atomic E-state index is -0.114. The highest BCUT2D eigenvalue weighted by atomic mass is 32.2. The molecular weight excluding hydrogens is 414 g/mol. The molecule has 1 aliphatic rings. The standard InChI is InChI=1S/C27H23N3OS/c1-2-25-26(31)30(18-22-14-8-12-20-10-4-6-16-24(20)22)27(32-25)29-28-17-21-13-7-11-19-9-3-5-15-23(19)21/h3-17,25H,2,18H2,1H3. The van der Waals surface area contributed by atoms with E-state index in [1.807, 2.05) is 49.4 Å². The Bertz CT molecular complexity index is 1350. The fraction of sp³-hybridized carbons (Fsp3) is 0.148. The summed E-state index contributed by atoms with van der Waals surface area (Å²) < 4.78 is 0. The number of carbonyl (C=O) groups is 1. The van der Waals surface area contributed by atoms with E-state index in [4.69, 9.17) is 0 Å². The Morgan fingerprint density at radius 3 is 2.31 bits per heavy atom.